The van der Waals surface area contributed by atoms with Crippen LogP contribution in [0.2, 0.25) is 0 Å². The lowest BCUT2D eigenvalue weighted by Crippen LogP contribution is -2.49. The summed E-state index contributed by atoms with van der Waals surface area (Å²) >= 11 is 0. The number of aromatic nitrogens is 3. The summed E-state index contributed by atoms with van der Waals surface area (Å²) in [6.45, 7) is 10.9. The van der Waals surface area contributed by atoms with E-state index in [0.717, 1.165) is 92.1 Å². The van der Waals surface area contributed by atoms with Crippen LogP contribution in [0.4, 0.5) is 25.8 Å². The predicted octanol–water partition coefficient (Wildman–Crippen LogP) is 6.18. The third-order valence-electron chi connectivity index (χ3n) is 14.6. The number of hydrogen-bond acceptors (Lipinski definition) is 10. The number of anilines is 3. The molecular weight excluding hydrogens is 843 g/mol. The molecule has 4 saturated heterocycles. The topological polar surface area (TPSA) is 140 Å². The van der Waals surface area contributed by atoms with Gasteiger partial charge in [-0.3, -0.25) is 38.9 Å². The van der Waals surface area contributed by atoms with Crippen molar-refractivity contribution in [3.8, 4) is 5.69 Å². The Kier molecular flexibility index (Phi) is 13.0. The van der Waals surface area contributed by atoms with Crippen LogP contribution >= 0.6 is 0 Å². The van der Waals surface area contributed by atoms with Crippen molar-refractivity contribution in [3.63, 3.8) is 0 Å². The molecule has 4 fully saturated rings. The fraction of sp³-hybridized carbons (Fsp3) is 0.460. The first-order chi connectivity index (χ1) is 31.8. The molecule has 0 radical (unpaired) electrons. The van der Waals surface area contributed by atoms with Crippen molar-refractivity contribution in [2.45, 2.75) is 70.4 Å². The van der Waals surface area contributed by atoms with E-state index >= 15 is 8.78 Å². The Balaban J connectivity index is 0.749. The first kappa shape index (κ1) is 45.0. The summed E-state index contributed by atoms with van der Waals surface area (Å²) in [6, 6.07) is 15.2. The highest BCUT2D eigenvalue weighted by molar-refractivity contribution is 6.01. The molecule has 0 spiro atoms. The van der Waals surface area contributed by atoms with Gasteiger partial charge in [-0.1, -0.05) is 0 Å². The number of piperazine rings is 1. The molecule has 0 bridgehead atoms. The maximum Gasteiger partial charge on any atom is 0.257 e. The number of fused-ring (bicyclic) bond motifs is 1. The van der Waals surface area contributed by atoms with Crippen molar-refractivity contribution in [2.24, 2.45) is 13.0 Å². The van der Waals surface area contributed by atoms with Gasteiger partial charge in [-0.25, -0.2) is 13.8 Å². The van der Waals surface area contributed by atoms with Crippen molar-refractivity contribution in [1.82, 2.24) is 34.1 Å². The Hall–Kier alpha value is -6.13. The Morgan fingerprint density at radius 1 is 0.848 bits per heavy atom. The van der Waals surface area contributed by atoms with E-state index in [1.807, 2.05) is 37.1 Å². The van der Waals surface area contributed by atoms with Crippen molar-refractivity contribution < 1.29 is 23.2 Å². The van der Waals surface area contributed by atoms with Crippen LogP contribution < -0.4 is 26.4 Å². The number of piperidine rings is 3. The number of amides is 3. The van der Waals surface area contributed by atoms with E-state index in [0.29, 0.717) is 61.0 Å². The quantitative estimate of drug-likeness (QED) is 0.132. The number of aryl methyl sites for hydroxylation is 2. The molecule has 3 amide bonds. The SMILES string of the molecule is CNc1ccn(-c2ccnc3c2cc([C@H](C)N2CCC(c4c(C)cc(C(=O)N5CCC(CN6CCN(c7ccc(N[C@H]8CCC(=O)NC8=O)cc7F)CC6)CC5)cc4F)CC2)n3C)c(=O)c1. The highest BCUT2D eigenvalue weighted by atomic mass is 19.1. The average Bonchev–Trinajstić information content (AvgIpc) is 3.66. The van der Waals surface area contributed by atoms with Crippen LogP contribution in [0.25, 0.3) is 16.7 Å². The Bertz CT molecular complexity index is 2670. The monoisotopic (exact) mass is 902 g/mol. The summed E-state index contributed by atoms with van der Waals surface area (Å²) in [6.07, 6.45) is 7.50. The molecule has 9 rings (SSSR count). The number of rotatable bonds is 11. The molecule has 0 unspecified atom stereocenters. The number of benzene rings is 2. The van der Waals surface area contributed by atoms with Gasteiger partial charge in [0.2, 0.25) is 11.8 Å². The number of nitrogens with one attached hydrogen (secondary N) is 3. The highest BCUT2D eigenvalue weighted by Gasteiger charge is 2.32. The van der Waals surface area contributed by atoms with Gasteiger partial charge in [-0.15, -0.1) is 0 Å². The molecule has 2 aromatic carbocycles. The predicted molar refractivity (Wildman–Crippen MR) is 252 cm³/mol. The number of pyridine rings is 2. The fourth-order valence-corrected chi connectivity index (χ4v) is 10.8. The number of halogens is 2. The van der Waals surface area contributed by atoms with Gasteiger partial charge in [-0.2, -0.15) is 0 Å². The molecule has 0 aliphatic carbocycles. The molecule has 3 N–H and O–H groups in total. The minimum Gasteiger partial charge on any atom is -0.388 e. The summed E-state index contributed by atoms with van der Waals surface area (Å²) in [7, 11) is 3.80. The normalized spacial score (nSPS) is 19.9. The summed E-state index contributed by atoms with van der Waals surface area (Å²) in [4.78, 5) is 63.8. The van der Waals surface area contributed by atoms with Crippen LogP contribution in [0.5, 0.6) is 0 Å². The Morgan fingerprint density at radius 3 is 2.29 bits per heavy atom. The maximum atomic E-state index is 16.1. The molecule has 4 aliphatic rings. The molecule has 4 aliphatic heterocycles. The van der Waals surface area contributed by atoms with Gasteiger partial charge in [-0.05, 0) is 131 Å². The lowest BCUT2D eigenvalue weighted by molar-refractivity contribution is -0.133. The highest BCUT2D eigenvalue weighted by Crippen LogP contribution is 2.37. The molecule has 7 heterocycles. The first-order valence-electron chi connectivity index (χ1n) is 23.4. The Morgan fingerprint density at radius 2 is 1.61 bits per heavy atom. The van der Waals surface area contributed by atoms with Crippen LogP contribution in [0.15, 0.2) is 71.8 Å². The number of likely N-dealkylation sites (tertiary alicyclic amines) is 2. The van der Waals surface area contributed by atoms with Crippen LogP contribution in [0, 0.1) is 24.5 Å². The van der Waals surface area contributed by atoms with Gasteiger partial charge in [0.15, 0.2) is 0 Å². The van der Waals surface area contributed by atoms with Crippen molar-refractivity contribution in [3.05, 3.63) is 111 Å². The number of carbonyl (C=O) groups excluding carboxylic acids is 3. The number of imide groups is 1. The first-order valence-corrected chi connectivity index (χ1v) is 23.4. The van der Waals surface area contributed by atoms with Crippen molar-refractivity contribution in [2.75, 3.05) is 81.5 Å². The zero-order valence-electron chi connectivity index (χ0n) is 38.3. The van der Waals surface area contributed by atoms with E-state index in [-0.39, 0.29) is 47.4 Å². The van der Waals surface area contributed by atoms with Crippen LogP contribution in [-0.4, -0.2) is 119 Å². The van der Waals surface area contributed by atoms with E-state index in [2.05, 4.69) is 53.2 Å². The lowest BCUT2D eigenvalue weighted by Gasteiger charge is -2.39. The molecule has 2 atom stereocenters. The van der Waals surface area contributed by atoms with Gasteiger partial charge in [0.25, 0.3) is 11.5 Å². The maximum absolute atomic E-state index is 16.1. The molecule has 66 heavy (non-hydrogen) atoms. The lowest BCUT2D eigenvalue weighted by atomic mass is 9.85. The van der Waals surface area contributed by atoms with E-state index in [1.54, 1.807) is 42.2 Å². The fourth-order valence-electron chi connectivity index (χ4n) is 10.8. The van der Waals surface area contributed by atoms with Crippen molar-refractivity contribution >= 4 is 45.8 Å². The average molecular weight is 903 g/mol. The molecule has 14 nitrogen and oxygen atoms in total. The van der Waals surface area contributed by atoms with Crippen LogP contribution in [-0.2, 0) is 16.6 Å². The zero-order chi connectivity index (χ0) is 46.2. The third-order valence-corrected chi connectivity index (χ3v) is 14.6. The van der Waals surface area contributed by atoms with Crippen molar-refractivity contribution in [1.29, 1.82) is 0 Å². The van der Waals surface area contributed by atoms with Gasteiger partial charge in [0.1, 0.15) is 23.3 Å². The number of hydrogen-bond donors (Lipinski definition) is 3. The van der Waals surface area contributed by atoms with E-state index in [1.165, 1.54) is 12.1 Å². The minimum atomic E-state index is -0.570. The van der Waals surface area contributed by atoms with Gasteiger partial charge in [0, 0.05) is 119 Å². The van der Waals surface area contributed by atoms with E-state index in [9.17, 15) is 19.2 Å². The molecule has 0 saturated carbocycles. The second-order valence-corrected chi connectivity index (χ2v) is 18.6. The van der Waals surface area contributed by atoms with E-state index < -0.39 is 11.9 Å². The largest absolute Gasteiger partial charge is 0.388 e. The van der Waals surface area contributed by atoms with Gasteiger partial charge < -0.3 is 25.0 Å². The zero-order valence-corrected chi connectivity index (χ0v) is 38.3. The van der Waals surface area contributed by atoms with E-state index in [4.69, 9.17) is 0 Å². The minimum absolute atomic E-state index is 0.0529. The summed E-state index contributed by atoms with van der Waals surface area (Å²) in [5.41, 5.74) is 6.30. The molecule has 5 aromatic rings. The summed E-state index contributed by atoms with van der Waals surface area (Å²) in [5, 5.41) is 9.30. The number of carbonyl (C=O) groups is 3. The van der Waals surface area contributed by atoms with Gasteiger partial charge in [0.05, 0.1) is 11.4 Å². The summed E-state index contributed by atoms with van der Waals surface area (Å²) in [5.74, 6) is -0.965. The molecule has 3 aromatic heterocycles. The second-order valence-electron chi connectivity index (χ2n) is 18.6. The molecular formula is C50H60F2N10O4. The van der Waals surface area contributed by atoms with Gasteiger partial charge >= 0.3 is 0 Å². The van der Waals surface area contributed by atoms with Crippen LogP contribution in [0.3, 0.4) is 0 Å². The molecule has 348 valence electrons. The smallest absolute Gasteiger partial charge is 0.257 e. The third kappa shape index (κ3) is 9.17. The second kappa shape index (κ2) is 19.0. The van der Waals surface area contributed by atoms with Crippen LogP contribution in [0.1, 0.15) is 84.6 Å². The number of nitrogens with zero attached hydrogens (tertiary/aromatic N) is 7. The Labute approximate surface area is 383 Å². The standard InChI is InChI=1S/C50H60F2N10O4/c1-31-25-35(50(66)61-16-10-33(11-17-61)30-58-21-23-60(24-22-58)43-7-5-37(27-39(43)51)55-41-6-8-45(63)56-49(41)65)26-40(52)47(31)34-12-18-59(19-13-34)32(2)44-29-38-42(9-15-54-48(38)57(44)4)62-20-14-36(53-3)28-46(62)64/h5,7,9,14-15,20,25-29,32-34,41,53,55H,6,8,10-13,16-19,21-24,30H2,1-4H3,(H,56,63,65)/t32-,41-/m0/s1. The molecule has 16 heteroatoms. The summed E-state index contributed by atoms with van der Waals surface area (Å²) < 4.78 is 35.1.